The molecular formula is C16H30O. The third-order valence-corrected chi connectivity index (χ3v) is 4.97. The number of rotatable bonds is 0. The fourth-order valence-corrected chi connectivity index (χ4v) is 4.10. The lowest BCUT2D eigenvalue weighted by atomic mass is 9.86. The van der Waals surface area contributed by atoms with Crippen LogP contribution in [0.15, 0.2) is 0 Å². The Hall–Kier alpha value is -0.0400. The van der Waals surface area contributed by atoms with Gasteiger partial charge in [0.25, 0.3) is 0 Å². The summed E-state index contributed by atoms with van der Waals surface area (Å²) in [5.74, 6) is 1.65. The summed E-state index contributed by atoms with van der Waals surface area (Å²) in [6, 6.07) is 0. The number of hydrogen-bond donors (Lipinski definition) is 1. The zero-order valence-electron chi connectivity index (χ0n) is 11.6. The van der Waals surface area contributed by atoms with Crippen molar-refractivity contribution < 1.29 is 5.11 Å². The summed E-state index contributed by atoms with van der Waals surface area (Å²) < 4.78 is 0. The van der Waals surface area contributed by atoms with E-state index < -0.39 is 0 Å². The fraction of sp³-hybridized carbons (Fsp3) is 1.00. The summed E-state index contributed by atoms with van der Waals surface area (Å²) in [6.07, 6.45) is 16.3. The van der Waals surface area contributed by atoms with E-state index in [0.717, 1.165) is 24.7 Å². The average molecular weight is 238 g/mol. The van der Waals surface area contributed by atoms with Crippen LogP contribution in [0.3, 0.4) is 0 Å². The minimum Gasteiger partial charge on any atom is -0.390 e. The molecule has 0 aromatic carbocycles. The number of fused-ring (bicyclic) bond motifs is 1. The van der Waals surface area contributed by atoms with Crippen molar-refractivity contribution >= 4 is 0 Å². The Labute approximate surface area is 107 Å². The Balaban J connectivity index is 1.87. The molecule has 0 aromatic heterocycles. The van der Waals surface area contributed by atoms with Crippen molar-refractivity contribution in [3.05, 3.63) is 0 Å². The maximum Gasteiger partial charge on any atom is 0.0625 e. The van der Waals surface area contributed by atoms with Gasteiger partial charge in [-0.3, -0.25) is 0 Å². The highest BCUT2D eigenvalue weighted by atomic mass is 16.3. The first-order valence-corrected chi connectivity index (χ1v) is 7.90. The topological polar surface area (TPSA) is 20.2 Å². The molecule has 0 aliphatic heterocycles. The van der Waals surface area contributed by atoms with Crippen LogP contribution >= 0.6 is 0 Å². The van der Waals surface area contributed by atoms with Gasteiger partial charge in [-0.1, -0.05) is 64.2 Å². The predicted molar refractivity (Wildman–Crippen MR) is 73.0 cm³/mol. The van der Waals surface area contributed by atoms with Gasteiger partial charge in [-0.15, -0.1) is 0 Å². The first kappa shape index (κ1) is 13.4. The molecule has 0 bridgehead atoms. The van der Waals surface area contributed by atoms with E-state index in [9.17, 15) is 5.11 Å². The molecular weight excluding hydrogens is 208 g/mol. The third kappa shape index (κ3) is 4.28. The van der Waals surface area contributed by atoms with Crippen molar-refractivity contribution in [1.29, 1.82) is 0 Å². The molecule has 0 amide bonds. The van der Waals surface area contributed by atoms with Gasteiger partial charge in [0.2, 0.25) is 0 Å². The Morgan fingerprint density at radius 2 is 1.06 bits per heavy atom. The summed E-state index contributed by atoms with van der Waals surface area (Å²) in [7, 11) is 0. The second kappa shape index (κ2) is 6.22. The molecule has 17 heavy (non-hydrogen) atoms. The van der Waals surface area contributed by atoms with Gasteiger partial charge in [0.15, 0.2) is 0 Å². The molecule has 2 rings (SSSR count). The Morgan fingerprint density at radius 1 is 0.706 bits per heavy atom. The highest BCUT2D eigenvalue weighted by Gasteiger charge is 2.39. The first-order valence-electron chi connectivity index (χ1n) is 7.90. The van der Waals surface area contributed by atoms with E-state index in [1.165, 1.54) is 64.2 Å². The maximum absolute atomic E-state index is 10.3. The molecule has 2 aliphatic carbocycles. The van der Waals surface area contributed by atoms with Crippen LogP contribution < -0.4 is 0 Å². The van der Waals surface area contributed by atoms with Crippen molar-refractivity contribution in [2.75, 3.05) is 0 Å². The average Bonchev–Trinajstić information content (AvgIpc) is 2.54. The molecule has 1 heteroatoms. The van der Waals surface area contributed by atoms with Crippen molar-refractivity contribution in [2.45, 2.75) is 89.6 Å². The van der Waals surface area contributed by atoms with Crippen LogP contribution in [0.1, 0.15) is 84.0 Å². The van der Waals surface area contributed by atoms with Gasteiger partial charge in [-0.2, -0.15) is 0 Å². The minimum atomic E-state index is -0.352. The van der Waals surface area contributed by atoms with E-state index in [1.807, 2.05) is 0 Å². The zero-order chi connectivity index (χ0) is 12.1. The molecule has 2 atom stereocenters. The predicted octanol–water partition coefficient (Wildman–Crippen LogP) is 4.68. The number of aliphatic hydroxyl groups is 1. The maximum atomic E-state index is 10.3. The van der Waals surface area contributed by atoms with E-state index in [-0.39, 0.29) is 5.60 Å². The van der Waals surface area contributed by atoms with Crippen molar-refractivity contribution in [3.63, 3.8) is 0 Å². The van der Waals surface area contributed by atoms with Crippen LogP contribution in [0, 0.1) is 11.8 Å². The molecule has 2 unspecified atom stereocenters. The SMILES string of the molecule is CC1(O)CC2CCCCCCCCCCC2C1. The third-order valence-electron chi connectivity index (χ3n) is 4.97. The van der Waals surface area contributed by atoms with E-state index in [4.69, 9.17) is 0 Å². The summed E-state index contributed by atoms with van der Waals surface area (Å²) in [5.41, 5.74) is -0.352. The van der Waals surface area contributed by atoms with Crippen molar-refractivity contribution in [1.82, 2.24) is 0 Å². The molecule has 1 N–H and O–H groups in total. The quantitative estimate of drug-likeness (QED) is 0.650. The highest BCUT2D eigenvalue weighted by molar-refractivity contribution is 4.91. The summed E-state index contributed by atoms with van der Waals surface area (Å²) in [6.45, 7) is 2.05. The van der Waals surface area contributed by atoms with Gasteiger partial charge in [0.1, 0.15) is 0 Å². The highest BCUT2D eigenvalue weighted by Crippen LogP contribution is 2.44. The Kier molecular flexibility index (Phi) is 4.90. The van der Waals surface area contributed by atoms with Gasteiger partial charge in [-0.05, 0) is 31.6 Å². The molecule has 0 radical (unpaired) electrons. The van der Waals surface area contributed by atoms with E-state index in [2.05, 4.69) is 6.92 Å². The largest absolute Gasteiger partial charge is 0.390 e. The van der Waals surface area contributed by atoms with Gasteiger partial charge >= 0.3 is 0 Å². The second-order valence-corrected chi connectivity index (χ2v) is 6.83. The monoisotopic (exact) mass is 238 g/mol. The van der Waals surface area contributed by atoms with Crippen LogP contribution in [0.5, 0.6) is 0 Å². The van der Waals surface area contributed by atoms with E-state index >= 15 is 0 Å². The van der Waals surface area contributed by atoms with Crippen molar-refractivity contribution in [2.24, 2.45) is 11.8 Å². The summed E-state index contributed by atoms with van der Waals surface area (Å²) >= 11 is 0. The smallest absolute Gasteiger partial charge is 0.0625 e. The number of hydrogen-bond acceptors (Lipinski definition) is 1. The van der Waals surface area contributed by atoms with Gasteiger partial charge in [0.05, 0.1) is 5.60 Å². The van der Waals surface area contributed by atoms with Crippen LogP contribution in [0.25, 0.3) is 0 Å². The van der Waals surface area contributed by atoms with E-state index in [1.54, 1.807) is 0 Å². The van der Waals surface area contributed by atoms with Gasteiger partial charge in [-0.25, -0.2) is 0 Å². The molecule has 0 saturated heterocycles. The summed E-state index contributed by atoms with van der Waals surface area (Å²) in [4.78, 5) is 0. The standard InChI is InChI=1S/C16H30O/c1-16(17)12-14-10-8-6-4-2-3-5-7-9-11-15(14)13-16/h14-15,17H,2-13H2,1H3. The van der Waals surface area contributed by atoms with Crippen molar-refractivity contribution in [3.8, 4) is 0 Å². The molecule has 100 valence electrons. The lowest BCUT2D eigenvalue weighted by Gasteiger charge is -2.19. The molecule has 2 fully saturated rings. The minimum absolute atomic E-state index is 0.352. The molecule has 2 saturated carbocycles. The summed E-state index contributed by atoms with van der Waals surface area (Å²) in [5, 5.41) is 10.3. The van der Waals surface area contributed by atoms with Crippen LogP contribution in [0.4, 0.5) is 0 Å². The zero-order valence-corrected chi connectivity index (χ0v) is 11.6. The molecule has 2 aliphatic rings. The fourth-order valence-electron chi connectivity index (χ4n) is 4.10. The molecule has 1 nitrogen and oxygen atoms in total. The molecule has 0 heterocycles. The Morgan fingerprint density at radius 3 is 1.47 bits per heavy atom. The van der Waals surface area contributed by atoms with E-state index in [0.29, 0.717) is 0 Å². The van der Waals surface area contributed by atoms with Gasteiger partial charge in [0, 0.05) is 0 Å². The molecule has 0 spiro atoms. The van der Waals surface area contributed by atoms with Gasteiger partial charge < -0.3 is 5.11 Å². The lowest BCUT2D eigenvalue weighted by Crippen LogP contribution is -2.19. The second-order valence-electron chi connectivity index (χ2n) is 6.83. The van der Waals surface area contributed by atoms with Crippen LogP contribution in [0.2, 0.25) is 0 Å². The van der Waals surface area contributed by atoms with Crippen LogP contribution in [-0.4, -0.2) is 10.7 Å². The first-order chi connectivity index (χ1) is 8.17. The van der Waals surface area contributed by atoms with Crippen LogP contribution in [-0.2, 0) is 0 Å². The normalized spacial score (nSPS) is 41.3. The molecule has 0 aromatic rings. The Bertz CT molecular complexity index is 200. The lowest BCUT2D eigenvalue weighted by molar-refractivity contribution is 0.0603.